The number of aryl methyl sites for hydroxylation is 2. The SMILES string of the molecule is CCc1ccc(-c2nc(C)c(NC(=O)C(C)CS)s2)cn1. The summed E-state index contributed by atoms with van der Waals surface area (Å²) in [5.74, 6) is 0.380. The summed E-state index contributed by atoms with van der Waals surface area (Å²) in [5, 5.41) is 4.59. The number of pyridine rings is 1. The molecule has 2 rings (SSSR count). The second kappa shape index (κ2) is 7.04. The van der Waals surface area contributed by atoms with E-state index in [0.29, 0.717) is 5.75 Å². The Morgan fingerprint density at radius 3 is 2.81 bits per heavy atom. The summed E-state index contributed by atoms with van der Waals surface area (Å²) in [7, 11) is 0. The summed E-state index contributed by atoms with van der Waals surface area (Å²) < 4.78 is 0. The number of hydrogen-bond donors (Lipinski definition) is 2. The molecule has 0 aliphatic carbocycles. The molecular formula is C15H19N3OS2. The summed E-state index contributed by atoms with van der Waals surface area (Å²) in [6.45, 7) is 5.83. The van der Waals surface area contributed by atoms with Crippen LogP contribution in [-0.4, -0.2) is 21.6 Å². The molecule has 6 heteroatoms. The first-order valence-corrected chi connectivity index (χ1v) is 8.34. The van der Waals surface area contributed by atoms with Crippen LogP contribution < -0.4 is 5.32 Å². The van der Waals surface area contributed by atoms with Crippen LogP contribution in [0.15, 0.2) is 18.3 Å². The molecule has 21 heavy (non-hydrogen) atoms. The Morgan fingerprint density at radius 2 is 2.24 bits per heavy atom. The van der Waals surface area contributed by atoms with Crippen LogP contribution in [-0.2, 0) is 11.2 Å². The molecular weight excluding hydrogens is 302 g/mol. The topological polar surface area (TPSA) is 54.9 Å². The van der Waals surface area contributed by atoms with Crippen molar-refractivity contribution in [3.8, 4) is 10.6 Å². The third-order valence-corrected chi connectivity index (χ3v) is 4.86. The summed E-state index contributed by atoms with van der Waals surface area (Å²) in [6.07, 6.45) is 2.75. The highest BCUT2D eigenvalue weighted by molar-refractivity contribution is 7.80. The van der Waals surface area contributed by atoms with Gasteiger partial charge in [-0.3, -0.25) is 9.78 Å². The molecule has 0 aliphatic rings. The van der Waals surface area contributed by atoms with Gasteiger partial charge in [0.25, 0.3) is 0 Å². The number of nitrogens with zero attached hydrogens (tertiary/aromatic N) is 2. The van der Waals surface area contributed by atoms with Gasteiger partial charge in [0, 0.05) is 29.1 Å². The average Bonchev–Trinajstić information content (AvgIpc) is 2.87. The summed E-state index contributed by atoms with van der Waals surface area (Å²) in [6, 6.07) is 4.03. The van der Waals surface area contributed by atoms with Crippen molar-refractivity contribution in [3.63, 3.8) is 0 Å². The summed E-state index contributed by atoms with van der Waals surface area (Å²) >= 11 is 5.62. The first-order chi connectivity index (χ1) is 10.0. The lowest BCUT2D eigenvalue weighted by molar-refractivity contribution is -0.118. The third-order valence-electron chi connectivity index (χ3n) is 3.19. The second-order valence-electron chi connectivity index (χ2n) is 4.90. The number of amides is 1. The highest BCUT2D eigenvalue weighted by Gasteiger charge is 2.15. The van der Waals surface area contributed by atoms with Gasteiger partial charge in [0.15, 0.2) is 0 Å². The van der Waals surface area contributed by atoms with Gasteiger partial charge in [-0.25, -0.2) is 4.98 Å². The van der Waals surface area contributed by atoms with Crippen molar-refractivity contribution in [2.45, 2.75) is 27.2 Å². The van der Waals surface area contributed by atoms with Crippen LogP contribution in [0, 0.1) is 12.8 Å². The van der Waals surface area contributed by atoms with E-state index >= 15 is 0 Å². The van der Waals surface area contributed by atoms with E-state index < -0.39 is 0 Å². The largest absolute Gasteiger partial charge is 0.316 e. The normalized spacial score (nSPS) is 12.2. The highest BCUT2D eigenvalue weighted by Crippen LogP contribution is 2.31. The Hall–Kier alpha value is -1.40. The highest BCUT2D eigenvalue weighted by atomic mass is 32.1. The van der Waals surface area contributed by atoms with Crippen molar-refractivity contribution in [1.29, 1.82) is 0 Å². The lowest BCUT2D eigenvalue weighted by Crippen LogP contribution is -2.21. The molecule has 4 nitrogen and oxygen atoms in total. The van der Waals surface area contributed by atoms with Crippen LogP contribution in [0.1, 0.15) is 25.2 Å². The third kappa shape index (κ3) is 3.83. The van der Waals surface area contributed by atoms with Crippen molar-refractivity contribution >= 4 is 34.9 Å². The minimum atomic E-state index is -0.121. The van der Waals surface area contributed by atoms with Crippen molar-refractivity contribution in [2.75, 3.05) is 11.1 Å². The van der Waals surface area contributed by atoms with Gasteiger partial charge in [0.1, 0.15) is 10.0 Å². The zero-order chi connectivity index (χ0) is 15.4. The molecule has 2 aromatic rings. The Kier molecular flexibility index (Phi) is 5.36. The van der Waals surface area contributed by atoms with Crippen LogP contribution >= 0.6 is 24.0 Å². The molecule has 2 heterocycles. The first-order valence-electron chi connectivity index (χ1n) is 6.89. The molecule has 0 fully saturated rings. The first kappa shape index (κ1) is 16.0. The van der Waals surface area contributed by atoms with Crippen molar-refractivity contribution < 1.29 is 4.79 Å². The number of carbonyl (C=O) groups excluding carboxylic acids is 1. The molecule has 1 amide bonds. The smallest absolute Gasteiger partial charge is 0.228 e. The monoisotopic (exact) mass is 321 g/mol. The average molecular weight is 321 g/mol. The minimum Gasteiger partial charge on any atom is -0.316 e. The van der Waals surface area contributed by atoms with Crippen LogP contribution in [0.3, 0.4) is 0 Å². The van der Waals surface area contributed by atoms with E-state index in [1.807, 2.05) is 32.2 Å². The number of nitrogens with one attached hydrogen (secondary N) is 1. The number of carbonyl (C=O) groups is 1. The number of anilines is 1. The Morgan fingerprint density at radius 1 is 1.48 bits per heavy atom. The van der Waals surface area contributed by atoms with E-state index in [2.05, 4.69) is 34.8 Å². The van der Waals surface area contributed by atoms with Gasteiger partial charge in [-0.1, -0.05) is 25.2 Å². The number of thiazole rings is 1. The van der Waals surface area contributed by atoms with E-state index in [4.69, 9.17) is 0 Å². The molecule has 0 spiro atoms. The van der Waals surface area contributed by atoms with Crippen molar-refractivity contribution in [3.05, 3.63) is 29.7 Å². The Balaban J connectivity index is 2.20. The molecule has 0 saturated heterocycles. The van der Waals surface area contributed by atoms with Crippen LogP contribution in [0.4, 0.5) is 5.00 Å². The second-order valence-corrected chi connectivity index (χ2v) is 6.26. The predicted molar refractivity (Wildman–Crippen MR) is 91.1 cm³/mol. The van der Waals surface area contributed by atoms with E-state index in [1.165, 1.54) is 11.3 Å². The number of hydrogen-bond acceptors (Lipinski definition) is 5. The summed E-state index contributed by atoms with van der Waals surface area (Å²) in [5.41, 5.74) is 2.86. The van der Waals surface area contributed by atoms with Crippen LogP contribution in [0.5, 0.6) is 0 Å². The molecule has 112 valence electrons. The van der Waals surface area contributed by atoms with Crippen LogP contribution in [0.25, 0.3) is 10.6 Å². The molecule has 0 bridgehead atoms. The number of aromatic nitrogens is 2. The zero-order valence-electron chi connectivity index (χ0n) is 12.4. The molecule has 1 N–H and O–H groups in total. The standard InChI is InChI=1S/C15H19N3OS2/c1-4-12-6-5-11(7-16-12)15-17-10(3)14(21-15)18-13(19)9(2)8-20/h5-7,9,20H,4,8H2,1-3H3,(H,18,19). The fraction of sp³-hybridized carbons (Fsp3) is 0.400. The van der Waals surface area contributed by atoms with Gasteiger partial charge in [-0.05, 0) is 25.5 Å². The van der Waals surface area contributed by atoms with Gasteiger partial charge in [-0.15, -0.1) is 0 Å². The molecule has 0 saturated carbocycles. The Labute approximate surface area is 134 Å². The van der Waals surface area contributed by atoms with E-state index in [-0.39, 0.29) is 11.8 Å². The summed E-state index contributed by atoms with van der Waals surface area (Å²) in [4.78, 5) is 20.8. The van der Waals surface area contributed by atoms with E-state index in [9.17, 15) is 4.79 Å². The van der Waals surface area contributed by atoms with Crippen molar-refractivity contribution in [1.82, 2.24) is 9.97 Å². The van der Waals surface area contributed by atoms with Gasteiger partial charge in [0.05, 0.1) is 5.69 Å². The lowest BCUT2D eigenvalue weighted by atomic mass is 10.2. The Bertz CT molecular complexity index is 622. The van der Waals surface area contributed by atoms with Crippen molar-refractivity contribution in [2.24, 2.45) is 5.92 Å². The maximum Gasteiger partial charge on any atom is 0.228 e. The maximum atomic E-state index is 11.9. The number of thiol groups is 1. The van der Waals surface area contributed by atoms with Gasteiger partial charge < -0.3 is 5.32 Å². The molecule has 0 aromatic carbocycles. The van der Waals surface area contributed by atoms with Gasteiger partial charge >= 0.3 is 0 Å². The quantitative estimate of drug-likeness (QED) is 0.828. The molecule has 0 radical (unpaired) electrons. The molecule has 2 aromatic heterocycles. The van der Waals surface area contributed by atoms with Gasteiger partial charge in [0.2, 0.25) is 5.91 Å². The molecule has 0 aliphatic heterocycles. The zero-order valence-corrected chi connectivity index (χ0v) is 14.1. The van der Waals surface area contributed by atoms with Crippen LogP contribution in [0.2, 0.25) is 0 Å². The van der Waals surface area contributed by atoms with Gasteiger partial charge in [-0.2, -0.15) is 12.6 Å². The molecule has 1 atom stereocenters. The fourth-order valence-electron chi connectivity index (χ4n) is 1.71. The maximum absolute atomic E-state index is 11.9. The van der Waals surface area contributed by atoms with E-state index in [0.717, 1.165) is 33.4 Å². The number of rotatable bonds is 5. The minimum absolute atomic E-state index is 0.0252. The molecule has 1 unspecified atom stereocenters. The predicted octanol–water partition coefficient (Wildman–Crippen LogP) is 3.58. The lowest BCUT2D eigenvalue weighted by Gasteiger charge is -2.07. The van der Waals surface area contributed by atoms with E-state index in [1.54, 1.807) is 0 Å². The fourth-order valence-corrected chi connectivity index (χ4v) is 2.84.